The highest BCUT2D eigenvalue weighted by Crippen LogP contribution is 2.33. The smallest absolute Gasteiger partial charge is 0.416 e. The molecule has 0 bridgehead atoms. The first-order chi connectivity index (χ1) is 15.3. The van der Waals surface area contributed by atoms with E-state index in [0.717, 1.165) is 22.8 Å². The predicted molar refractivity (Wildman–Crippen MR) is 123 cm³/mol. The lowest BCUT2D eigenvalue weighted by atomic mass is 9.97. The summed E-state index contributed by atoms with van der Waals surface area (Å²) < 4.78 is 45.0. The van der Waals surface area contributed by atoms with Crippen LogP contribution in [0.4, 0.5) is 18.9 Å². The monoisotopic (exact) mass is 431 g/mol. The van der Waals surface area contributed by atoms with Crippen LogP contribution in [0.1, 0.15) is 11.1 Å². The molecular weight excluding hydrogens is 411 g/mol. The van der Waals surface area contributed by atoms with Crippen LogP contribution in [0.25, 0.3) is 28.0 Å². The molecule has 0 aliphatic carbocycles. The summed E-state index contributed by atoms with van der Waals surface area (Å²) in [5.74, 6) is 1.00. The number of alkyl halides is 3. The van der Waals surface area contributed by atoms with Crippen molar-refractivity contribution in [3.05, 3.63) is 115 Å². The van der Waals surface area contributed by atoms with Crippen molar-refractivity contribution in [1.82, 2.24) is 0 Å². The second-order valence-corrected chi connectivity index (χ2v) is 7.30. The fourth-order valence-electron chi connectivity index (χ4n) is 3.37. The second kappa shape index (κ2) is 8.63. The molecule has 0 saturated heterocycles. The first-order valence-electron chi connectivity index (χ1n) is 9.91. The Morgan fingerprint density at radius 3 is 1.94 bits per heavy atom. The first-order valence-corrected chi connectivity index (χ1v) is 9.91. The number of anilines is 1. The number of halogens is 3. The van der Waals surface area contributed by atoms with Crippen molar-refractivity contribution in [3.8, 4) is 28.0 Å². The van der Waals surface area contributed by atoms with Gasteiger partial charge >= 0.3 is 6.18 Å². The molecule has 0 saturated carbocycles. The van der Waals surface area contributed by atoms with Gasteiger partial charge in [-0.2, -0.15) is 13.2 Å². The maximum Gasteiger partial charge on any atom is 0.416 e. The largest absolute Gasteiger partial charge is 0.455 e. The van der Waals surface area contributed by atoms with Crippen LogP contribution in [0.5, 0.6) is 5.75 Å². The maximum atomic E-state index is 13.1. The molecule has 32 heavy (non-hydrogen) atoms. The lowest BCUT2D eigenvalue weighted by Gasteiger charge is -2.12. The van der Waals surface area contributed by atoms with Gasteiger partial charge in [-0.1, -0.05) is 73.3 Å². The zero-order chi connectivity index (χ0) is 22.7. The van der Waals surface area contributed by atoms with Crippen LogP contribution >= 0.6 is 0 Å². The van der Waals surface area contributed by atoms with Crippen LogP contribution in [-0.4, -0.2) is 0 Å². The zero-order valence-corrected chi connectivity index (χ0v) is 17.1. The number of hydrogen-bond acceptors (Lipinski definition) is 2. The molecule has 0 amide bonds. The van der Waals surface area contributed by atoms with Gasteiger partial charge in [0.05, 0.1) is 11.3 Å². The molecule has 4 aromatic carbocycles. The first kappa shape index (κ1) is 21.2. The molecule has 0 aliphatic rings. The highest BCUT2D eigenvalue weighted by molar-refractivity contribution is 5.74. The topological polar surface area (TPSA) is 35.2 Å². The van der Waals surface area contributed by atoms with Gasteiger partial charge in [0, 0.05) is 5.56 Å². The molecule has 0 aromatic heterocycles. The number of benzene rings is 4. The van der Waals surface area contributed by atoms with E-state index in [9.17, 15) is 13.2 Å². The van der Waals surface area contributed by atoms with Crippen molar-refractivity contribution in [3.63, 3.8) is 0 Å². The molecule has 2 nitrogen and oxygen atoms in total. The Bertz CT molecular complexity index is 1260. The van der Waals surface area contributed by atoms with E-state index in [2.05, 4.69) is 6.58 Å². The molecular formula is C27H20F3NO. The molecule has 0 aliphatic heterocycles. The Balaban J connectivity index is 1.56. The Morgan fingerprint density at radius 2 is 1.28 bits per heavy atom. The second-order valence-electron chi connectivity index (χ2n) is 7.30. The van der Waals surface area contributed by atoms with Gasteiger partial charge in [0.2, 0.25) is 0 Å². The molecule has 4 aromatic rings. The molecule has 0 unspecified atom stereocenters. The molecule has 0 radical (unpaired) electrons. The van der Waals surface area contributed by atoms with Gasteiger partial charge in [-0.15, -0.1) is 0 Å². The molecule has 4 rings (SSSR count). The summed E-state index contributed by atoms with van der Waals surface area (Å²) in [6, 6.07) is 27.6. The third-order valence-electron chi connectivity index (χ3n) is 5.08. The van der Waals surface area contributed by atoms with Crippen molar-refractivity contribution >= 4 is 11.4 Å². The fourth-order valence-corrected chi connectivity index (χ4v) is 3.37. The van der Waals surface area contributed by atoms with Gasteiger partial charge in [-0.05, 0) is 52.6 Å². The minimum atomic E-state index is -4.38. The van der Waals surface area contributed by atoms with Gasteiger partial charge in [-0.25, -0.2) is 0 Å². The number of hydrogen-bond donors (Lipinski definition) is 1. The number of nitrogen functional groups attached to an aromatic ring is 1. The minimum Gasteiger partial charge on any atom is -0.455 e. The van der Waals surface area contributed by atoms with Crippen molar-refractivity contribution in [2.75, 3.05) is 5.73 Å². The minimum absolute atomic E-state index is 0.465. The van der Waals surface area contributed by atoms with E-state index in [1.807, 2.05) is 54.6 Å². The van der Waals surface area contributed by atoms with Gasteiger partial charge in [-0.3, -0.25) is 0 Å². The standard InChI is InChI=1S/C27H20F3NO/c1-18(32-26-11-3-2-10-25(26)31)19-12-14-20(15-13-19)21-6-4-7-22(16-21)23-8-5-9-24(17-23)27(28,29)30/h2-17H,1,31H2. The van der Waals surface area contributed by atoms with E-state index in [4.69, 9.17) is 10.5 Å². The van der Waals surface area contributed by atoms with Crippen LogP contribution in [0, 0.1) is 0 Å². The van der Waals surface area contributed by atoms with Gasteiger partial charge < -0.3 is 10.5 Å². The number of rotatable bonds is 5. The van der Waals surface area contributed by atoms with Crippen LogP contribution in [0.2, 0.25) is 0 Å². The molecule has 5 heteroatoms. The average Bonchev–Trinajstić information content (AvgIpc) is 2.80. The maximum absolute atomic E-state index is 13.1. The lowest BCUT2D eigenvalue weighted by Crippen LogP contribution is -2.04. The Morgan fingerprint density at radius 1 is 0.688 bits per heavy atom. The Labute approximate surface area is 184 Å². The van der Waals surface area contributed by atoms with E-state index in [1.165, 1.54) is 12.1 Å². The molecule has 0 spiro atoms. The SMILES string of the molecule is C=C(Oc1ccccc1N)c1ccc(-c2cccc(-c3cccc(C(F)(F)F)c3)c2)cc1. The van der Waals surface area contributed by atoms with Gasteiger partial charge in [0.15, 0.2) is 0 Å². The summed E-state index contributed by atoms with van der Waals surface area (Å²) >= 11 is 0. The van der Waals surface area contributed by atoms with Crippen LogP contribution < -0.4 is 10.5 Å². The fraction of sp³-hybridized carbons (Fsp3) is 0.0370. The number of nitrogens with two attached hydrogens (primary N) is 1. The zero-order valence-electron chi connectivity index (χ0n) is 17.1. The average molecular weight is 431 g/mol. The summed E-state index contributed by atoms with van der Waals surface area (Å²) in [4.78, 5) is 0. The summed E-state index contributed by atoms with van der Waals surface area (Å²) in [5, 5.41) is 0. The summed E-state index contributed by atoms with van der Waals surface area (Å²) in [5.41, 5.74) is 9.62. The Hall–Kier alpha value is -3.99. The summed E-state index contributed by atoms with van der Waals surface area (Å²) in [7, 11) is 0. The highest BCUT2D eigenvalue weighted by atomic mass is 19.4. The molecule has 0 fully saturated rings. The van der Waals surface area contributed by atoms with E-state index in [1.54, 1.807) is 24.3 Å². The normalized spacial score (nSPS) is 11.2. The number of ether oxygens (including phenoxy) is 1. The number of para-hydroxylation sites is 2. The van der Waals surface area contributed by atoms with Gasteiger partial charge in [0.25, 0.3) is 0 Å². The molecule has 160 valence electrons. The lowest BCUT2D eigenvalue weighted by molar-refractivity contribution is -0.137. The summed E-state index contributed by atoms with van der Waals surface area (Å²) in [6.45, 7) is 3.98. The molecule has 0 atom stereocenters. The summed E-state index contributed by atoms with van der Waals surface area (Å²) in [6.07, 6.45) is -4.38. The van der Waals surface area contributed by atoms with E-state index in [0.29, 0.717) is 28.3 Å². The van der Waals surface area contributed by atoms with Gasteiger partial charge in [0.1, 0.15) is 11.5 Å². The quantitative estimate of drug-likeness (QED) is 0.260. The predicted octanol–water partition coefficient (Wildman–Crippen LogP) is 7.67. The van der Waals surface area contributed by atoms with Crippen LogP contribution in [-0.2, 0) is 6.18 Å². The van der Waals surface area contributed by atoms with E-state index >= 15 is 0 Å². The van der Waals surface area contributed by atoms with E-state index < -0.39 is 11.7 Å². The third kappa shape index (κ3) is 4.67. The van der Waals surface area contributed by atoms with E-state index in [-0.39, 0.29) is 0 Å². The highest BCUT2D eigenvalue weighted by Gasteiger charge is 2.30. The Kier molecular flexibility index (Phi) is 5.73. The van der Waals surface area contributed by atoms with Crippen molar-refractivity contribution in [1.29, 1.82) is 0 Å². The molecule has 0 heterocycles. The molecule has 2 N–H and O–H groups in total. The third-order valence-corrected chi connectivity index (χ3v) is 5.08. The van der Waals surface area contributed by atoms with Crippen LogP contribution in [0.3, 0.4) is 0 Å². The van der Waals surface area contributed by atoms with Crippen molar-refractivity contribution < 1.29 is 17.9 Å². The van der Waals surface area contributed by atoms with Crippen molar-refractivity contribution in [2.24, 2.45) is 0 Å². The van der Waals surface area contributed by atoms with Crippen LogP contribution in [0.15, 0.2) is 104 Å². The van der Waals surface area contributed by atoms with Crippen molar-refractivity contribution in [2.45, 2.75) is 6.18 Å².